The van der Waals surface area contributed by atoms with E-state index < -0.39 is 6.10 Å². The lowest BCUT2D eigenvalue weighted by Gasteiger charge is -2.28. The molecule has 1 aliphatic rings. The summed E-state index contributed by atoms with van der Waals surface area (Å²) in [5.41, 5.74) is 0. The Kier molecular flexibility index (Phi) is 6.29. The van der Waals surface area contributed by atoms with Crippen molar-refractivity contribution in [2.24, 2.45) is 0 Å². The smallest absolute Gasteiger partial charge is 0.120 e. The molecule has 0 radical (unpaired) electrons. The van der Waals surface area contributed by atoms with E-state index in [9.17, 15) is 5.11 Å². The number of hydrogen-bond acceptors (Lipinski definition) is 4. The number of ether oxygens (including phenoxy) is 2. The minimum absolute atomic E-state index is 0.294. The van der Waals surface area contributed by atoms with Gasteiger partial charge in [-0.15, -0.1) is 0 Å². The maximum Gasteiger partial charge on any atom is 0.120 e. The first kappa shape index (κ1) is 15.8. The Balaban J connectivity index is 1.66. The van der Waals surface area contributed by atoms with Crippen LogP contribution in [0, 0.1) is 0 Å². The molecular weight excluding hydrogens is 322 g/mol. The zero-order valence-electron chi connectivity index (χ0n) is 11.7. The highest BCUT2D eigenvalue weighted by molar-refractivity contribution is 9.10. The molecule has 1 aromatic carbocycles. The first-order chi connectivity index (χ1) is 9.63. The van der Waals surface area contributed by atoms with Crippen LogP contribution in [0.4, 0.5) is 0 Å². The molecular formula is C15H22BrNO3. The Morgan fingerprint density at radius 2 is 2.40 bits per heavy atom. The second kappa shape index (κ2) is 7.98. The van der Waals surface area contributed by atoms with Crippen LogP contribution in [0.1, 0.15) is 19.8 Å². The molecule has 2 rings (SSSR count). The van der Waals surface area contributed by atoms with E-state index in [0.717, 1.165) is 29.7 Å². The zero-order valence-corrected chi connectivity index (χ0v) is 13.3. The Hall–Kier alpha value is -0.620. The number of halogens is 1. The third-order valence-electron chi connectivity index (χ3n) is 3.37. The third kappa shape index (κ3) is 5.40. The molecule has 3 unspecified atom stereocenters. The van der Waals surface area contributed by atoms with Crippen molar-refractivity contribution >= 4 is 15.9 Å². The normalized spacial score (nSPS) is 24.4. The van der Waals surface area contributed by atoms with Gasteiger partial charge in [-0.2, -0.15) is 0 Å². The van der Waals surface area contributed by atoms with Crippen LogP contribution in [-0.4, -0.2) is 43.1 Å². The van der Waals surface area contributed by atoms with Crippen LogP contribution in [0.3, 0.4) is 0 Å². The second-order valence-corrected chi connectivity index (χ2v) is 6.15. The summed E-state index contributed by atoms with van der Waals surface area (Å²) >= 11 is 3.39. The van der Waals surface area contributed by atoms with Crippen LogP contribution in [0.5, 0.6) is 5.75 Å². The van der Waals surface area contributed by atoms with Gasteiger partial charge in [0.1, 0.15) is 18.5 Å². The number of hydrogen-bond donors (Lipinski definition) is 2. The van der Waals surface area contributed by atoms with Gasteiger partial charge in [0.05, 0.1) is 6.10 Å². The minimum atomic E-state index is -0.507. The van der Waals surface area contributed by atoms with Gasteiger partial charge in [0.25, 0.3) is 0 Å². The highest BCUT2D eigenvalue weighted by atomic mass is 79.9. The van der Waals surface area contributed by atoms with Gasteiger partial charge in [0.2, 0.25) is 0 Å². The van der Waals surface area contributed by atoms with E-state index in [1.807, 2.05) is 24.3 Å². The SMILES string of the molecule is CC1CC(NCC(O)COc2cccc(Br)c2)CCO1. The molecule has 2 N–H and O–H groups in total. The number of aliphatic hydroxyl groups is 1. The molecule has 1 heterocycles. The fourth-order valence-electron chi connectivity index (χ4n) is 2.29. The van der Waals surface area contributed by atoms with E-state index in [4.69, 9.17) is 9.47 Å². The van der Waals surface area contributed by atoms with Crippen LogP contribution >= 0.6 is 15.9 Å². The standard InChI is InChI=1S/C15H22BrNO3/c1-11-7-13(5-6-19-11)17-9-14(18)10-20-15-4-2-3-12(16)8-15/h2-4,8,11,13-14,17-18H,5-7,9-10H2,1H3. The van der Waals surface area contributed by atoms with E-state index >= 15 is 0 Å². The summed E-state index contributed by atoms with van der Waals surface area (Å²) in [5.74, 6) is 0.762. The van der Waals surface area contributed by atoms with Gasteiger partial charge in [0, 0.05) is 23.7 Å². The first-order valence-electron chi connectivity index (χ1n) is 7.05. The molecule has 0 aliphatic carbocycles. The summed E-state index contributed by atoms with van der Waals surface area (Å²) in [5, 5.41) is 13.3. The molecule has 112 valence electrons. The molecule has 1 aromatic rings. The van der Waals surface area contributed by atoms with E-state index in [2.05, 4.69) is 28.2 Å². The highest BCUT2D eigenvalue weighted by Gasteiger charge is 2.19. The fourth-order valence-corrected chi connectivity index (χ4v) is 2.67. The summed E-state index contributed by atoms with van der Waals surface area (Å²) in [4.78, 5) is 0. The Bertz CT molecular complexity index is 416. The second-order valence-electron chi connectivity index (χ2n) is 5.23. The van der Waals surface area contributed by atoms with Gasteiger partial charge in [-0.25, -0.2) is 0 Å². The van der Waals surface area contributed by atoms with Gasteiger partial charge in [0.15, 0.2) is 0 Å². The zero-order chi connectivity index (χ0) is 14.4. The summed E-state index contributed by atoms with van der Waals surface area (Å²) < 4.78 is 12.0. The molecule has 0 saturated carbocycles. The molecule has 1 aliphatic heterocycles. The molecule has 0 bridgehead atoms. The lowest BCUT2D eigenvalue weighted by atomic mass is 10.0. The number of aliphatic hydroxyl groups excluding tert-OH is 1. The highest BCUT2D eigenvalue weighted by Crippen LogP contribution is 2.18. The maximum absolute atomic E-state index is 9.95. The number of benzene rings is 1. The molecule has 3 atom stereocenters. The molecule has 1 saturated heterocycles. The van der Waals surface area contributed by atoms with Crippen LogP contribution in [0.15, 0.2) is 28.7 Å². The van der Waals surface area contributed by atoms with E-state index in [0.29, 0.717) is 25.3 Å². The van der Waals surface area contributed by atoms with Gasteiger partial charge >= 0.3 is 0 Å². The third-order valence-corrected chi connectivity index (χ3v) is 3.86. The van der Waals surface area contributed by atoms with Crippen LogP contribution in [-0.2, 0) is 4.74 Å². The van der Waals surface area contributed by atoms with Crippen molar-refractivity contribution in [2.45, 2.75) is 38.0 Å². The van der Waals surface area contributed by atoms with E-state index in [-0.39, 0.29) is 0 Å². The molecule has 20 heavy (non-hydrogen) atoms. The van der Waals surface area contributed by atoms with Gasteiger partial charge < -0.3 is 19.9 Å². The fraction of sp³-hybridized carbons (Fsp3) is 0.600. The molecule has 4 nitrogen and oxygen atoms in total. The average molecular weight is 344 g/mol. The van der Waals surface area contributed by atoms with Crippen LogP contribution in [0.2, 0.25) is 0 Å². The number of rotatable bonds is 6. The van der Waals surface area contributed by atoms with Crippen molar-refractivity contribution in [3.63, 3.8) is 0 Å². The van der Waals surface area contributed by atoms with Crippen molar-refractivity contribution in [3.8, 4) is 5.75 Å². The van der Waals surface area contributed by atoms with E-state index in [1.54, 1.807) is 0 Å². The molecule has 0 amide bonds. The van der Waals surface area contributed by atoms with Crippen LogP contribution in [0.25, 0.3) is 0 Å². The number of nitrogens with one attached hydrogen (secondary N) is 1. The van der Waals surface area contributed by atoms with Crippen molar-refractivity contribution in [2.75, 3.05) is 19.8 Å². The van der Waals surface area contributed by atoms with Crippen molar-refractivity contribution in [1.29, 1.82) is 0 Å². The topological polar surface area (TPSA) is 50.7 Å². The van der Waals surface area contributed by atoms with Crippen molar-refractivity contribution in [3.05, 3.63) is 28.7 Å². The van der Waals surface area contributed by atoms with Gasteiger partial charge in [-0.1, -0.05) is 22.0 Å². The lowest BCUT2D eigenvalue weighted by Crippen LogP contribution is -2.42. The lowest BCUT2D eigenvalue weighted by molar-refractivity contribution is 0.00966. The summed E-state index contributed by atoms with van der Waals surface area (Å²) in [6.07, 6.45) is 1.80. The minimum Gasteiger partial charge on any atom is -0.491 e. The van der Waals surface area contributed by atoms with Crippen molar-refractivity contribution < 1.29 is 14.6 Å². The predicted octanol–water partition coefficient (Wildman–Crippen LogP) is 2.35. The van der Waals surface area contributed by atoms with Gasteiger partial charge in [-0.05, 0) is 38.0 Å². The summed E-state index contributed by atoms with van der Waals surface area (Å²) in [7, 11) is 0. The molecule has 5 heteroatoms. The predicted molar refractivity (Wildman–Crippen MR) is 82.1 cm³/mol. The first-order valence-corrected chi connectivity index (χ1v) is 7.84. The van der Waals surface area contributed by atoms with Crippen LogP contribution < -0.4 is 10.1 Å². The monoisotopic (exact) mass is 343 g/mol. The molecule has 0 spiro atoms. The maximum atomic E-state index is 9.95. The molecule has 0 aromatic heterocycles. The van der Waals surface area contributed by atoms with Gasteiger partial charge in [-0.3, -0.25) is 0 Å². The van der Waals surface area contributed by atoms with E-state index in [1.165, 1.54) is 0 Å². The van der Waals surface area contributed by atoms with Crippen molar-refractivity contribution in [1.82, 2.24) is 5.32 Å². The Labute approximate surface area is 128 Å². The molecule has 1 fully saturated rings. The Morgan fingerprint density at radius 3 is 3.15 bits per heavy atom. The summed E-state index contributed by atoms with van der Waals surface area (Å²) in [6, 6.07) is 8.05. The largest absolute Gasteiger partial charge is 0.491 e. The average Bonchev–Trinajstić information content (AvgIpc) is 2.43. The Morgan fingerprint density at radius 1 is 1.55 bits per heavy atom. The summed E-state index contributed by atoms with van der Waals surface area (Å²) in [6.45, 7) is 3.72. The quantitative estimate of drug-likeness (QED) is 0.832.